The lowest BCUT2D eigenvalue weighted by Gasteiger charge is -2.13. The van der Waals surface area contributed by atoms with Crippen molar-refractivity contribution < 1.29 is 9.90 Å². The van der Waals surface area contributed by atoms with E-state index in [0.29, 0.717) is 6.54 Å². The minimum Gasteiger partial charge on any atom is -0.395 e. The van der Waals surface area contributed by atoms with E-state index in [2.05, 4.69) is 10.3 Å². The molecule has 0 saturated heterocycles. The van der Waals surface area contributed by atoms with Gasteiger partial charge in [0.15, 0.2) is 0 Å². The number of aliphatic hydroxyl groups excluding tert-OH is 1. The number of nitrogens with zero attached hydrogens (tertiary/aromatic N) is 1. The van der Waals surface area contributed by atoms with Crippen LogP contribution in [0.2, 0.25) is 0 Å². The number of carbonyl (C=O) groups is 1. The minimum atomic E-state index is -0.493. The van der Waals surface area contributed by atoms with Crippen LogP contribution >= 0.6 is 11.3 Å². The van der Waals surface area contributed by atoms with Gasteiger partial charge in [0.05, 0.1) is 12.5 Å². The van der Waals surface area contributed by atoms with Crippen molar-refractivity contribution in [3.63, 3.8) is 0 Å². The fraction of sp³-hybridized carbons (Fsp3) is 0.231. The molecule has 0 spiro atoms. The van der Waals surface area contributed by atoms with E-state index < -0.39 is 5.92 Å². The Labute approximate surface area is 109 Å². The molecule has 0 unspecified atom stereocenters. The first-order valence-electron chi connectivity index (χ1n) is 5.61. The average molecular weight is 262 g/mol. The van der Waals surface area contributed by atoms with Crippen LogP contribution in [0.4, 0.5) is 0 Å². The maximum Gasteiger partial charge on any atom is 0.230 e. The number of rotatable bonds is 5. The van der Waals surface area contributed by atoms with Crippen molar-refractivity contribution in [1.82, 2.24) is 10.3 Å². The third kappa shape index (κ3) is 3.15. The van der Waals surface area contributed by atoms with Crippen molar-refractivity contribution in [3.05, 3.63) is 52.5 Å². The molecule has 1 atom stereocenters. The van der Waals surface area contributed by atoms with Crippen LogP contribution in [-0.4, -0.2) is 22.6 Å². The lowest BCUT2D eigenvalue weighted by molar-refractivity contribution is -0.123. The Morgan fingerprint density at radius 3 is 3.00 bits per heavy atom. The van der Waals surface area contributed by atoms with Gasteiger partial charge in [-0.1, -0.05) is 6.07 Å². The molecule has 0 aliphatic heterocycles. The van der Waals surface area contributed by atoms with Crippen LogP contribution in [-0.2, 0) is 11.3 Å². The Morgan fingerprint density at radius 2 is 2.39 bits per heavy atom. The zero-order chi connectivity index (χ0) is 12.8. The molecule has 1 amide bonds. The fourth-order valence-corrected chi connectivity index (χ4v) is 2.34. The van der Waals surface area contributed by atoms with Crippen molar-refractivity contribution in [1.29, 1.82) is 0 Å². The van der Waals surface area contributed by atoms with Crippen molar-refractivity contribution >= 4 is 17.2 Å². The molecule has 0 aliphatic carbocycles. The molecule has 5 heteroatoms. The molecule has 0 fully saturated rings. The molecule has 2 aromatic rings. The van der Waals surface area contributed by atoms with Crippen molar-refractivity contribution in [2.45, 2.75) is 12.5 Å². The average Bonchev–Trinajstić information content (AvgIpc) is 2.92. The summed E-state index contributed by atoms with van der Waals surface area (Å²) in [6.07, 6.45) is 3.39. The van der Waals surface area contributed by atoms with Crippen LogP contribution in [0.3, 0.4) is 0 Å². The molecule has 0 aliphatic rings. The Bertz CT molecular complexity index is 485. The highest BCUT2D eigenvalue weighted by atomic mass is 32.1. The highest BCUT2D eigenvalue weighted by molar-refractivity contribution is 7.08. The van der Waals surface area contributed by atoms with E-state index in [9.17, 15) is 9.90 Å². The standard InChI is InChI=1S/C13H14N2O2S/c16-8-12(11-3-5-18-9-11)13(17)15-7-10-2-1-4-14-6-10/h1-6,9,12,16H,7-8H2,(H,15,17)/t12-/m1/s1. The van der Waals surface area contributed by atoms with Gasteiger partial charge in [-0.15, -0.1) is 0 Å². The van der Waals surface area contributed by atoms with Crippen molar-refractivity contribution in [2.75, 3.05) is 6.61 Å². The maximum atomic E-state index is 12.0. The highest BCUT2D eigenvalue weighted by Gasteiger charge is 2.19. The summed E-state index contributed by atoms with van der Waals surface area (Å²) in [7, 11) is 0. The Kier molecular flexibility index (Phi) is 4.44. The van der Waals surface area contributed by atoms with Crippen molar-refractivity contribution in [2.24, 2.45) is 0 Å². The number of pyridine rings is 1. The summed E-state index contributed by atoms with van der Waals surface area (Å²) in [5, 5.41) is 15.9. The van der Waals surface area contributed by atoms with Crippen LogP contribution in [0, 0.1) is 0 Å². The summed E-state index contributed by atoms with van der Waals surface area (Å²) in [4.78, 5) is 15.9. The van der Waals surface area contributed by atoms with Gasteiger partial charge >= 0.3 is 0 Å². The second-order valence-electron chi connectivity index (χ2n) is 3.87. The molecule has 2 N–H and O–H groups in total. The number of hydrogen-bond acceptors (Lipinski definition) is 4. The normalized spacial score (nSPS) is 12.1. The van der Waals surface area contributed by atoms with Crippen molar-refractivity contribution in [3.8, 4) is 0 Å². The third-order valence-electron chi connectivity index (χ3n) is 2.63. The van der Waals surface area contributed by atoms with Gasteiger partial charge in [0.2, 0.25) is 5.91 Å². The van der Waals surface area contributed by atoms with Gasteiger partial charge in [0.1, 0.15) is 0 Å². The first-order valence-corrected chi connectivity index (χ1v) is 6.55. The van der Waals surface area contributed by atoms with E-state index in [4.69, 9.17) is 0 Å². The van der Waals surface area contributed by atoms with E-state index >= 15 is 0 Å². The van der Waals surface area contributed by atoms with Gasteiger partial charge < -0.3 is 10.4 Å². The molecular weight excluding hydrogens is 248 g/mol. The summed E-state index contributed by atoms with van der Waals surface area (Å²) in [5.41, 5.74) is 1.79. The van der Waals surface area contributed by atoms with Gasteiger partial charge in [0, 0.05) is 18.9 Å². The topological polar surface area (TPSA) is 62.2 Å². The number of aromatic nitrogens is 1. The lowest BCUT2D eigenvalue weighted by atomic mass is 10.0. The van der Waals surface area contributed by atoms with E-state index in [1.807, 2.05) is 29.0 Å². The van der Waals surface area contributed by atoms with E-state index in [1.165, 1.54) is 11.3 Å². The smallest absolute Gasteiger partial charge is 0.230 e. The third-order valence-corrected chi connectivity index (χ3v) is 3.34. The Hall–Kier alpha value is -1.72. The second kappa shape index (κ2) is 6.28. The van der Waals surface area contributed by atoms with Gasteiger partial charge in [-0.05, 0) is 34.0 Å². The molecule has 18 heavy (non-hydrogen) atoms. The molecule has 2 heterocycles. The molecule has 0 radical (unpaired) electrons. The monoisotopic (exact) mass is 262 g/mol. The summed E-state index contributed by atoms with van der Waals surface area (Å²) in [5.74, 6) is -0.660. The number of amides is 1. The maximum absolute atomic E-state index is 12.0. The molecule has 0 saturated carbocycles. The van der Waals surface area contributed by atoms with E-state index in [1.54, 1.807) is 12.4 Å². The van der Waals surface area contributed by atoms with Crippen LogP contribution in [0.15, 0.2) is 41.4 Å². The Morgan fingerprint density at radius 1 is 1.50 bits per heavy atom. The van der Waals surface area contributed by atoms with Gasteiger partial charge in [-0.25, -0.2) is 0 Å². The van der Waals surface area contributed by atoms with Crippen LogP contribution in [0.25, 0.3) is 0 Å². The molecule has 94 valence electrons. The zero-order valence-electron chi connectivity index (χ0n) is 9.74. The van der Waals surface area contributed by atoms with Crippen LogP contribution < -0.4 is 5.32 Å². The summed E-state index contributed by atoms with van der Waals surface area (Å²) < 4.78 is 0. The number of aliphatic hydroxyl groups is 1. The highest BCUT2D eigenvalue weighted by Crippen LogP contribution is 2.18. The predicted octanol–water partition coefficient (Wildman–Crippen LogP) is 1.54. The summed E-state index contributed by atoms with van der Waals surface area (Å²) >= 11 is 1.51. The molecule has 2 aromatic heterocycles. The van der Waals surface area contributed by atoms with E-state index in [-0.39, 0.29) is 12.5 Å². The molecule has 2 rings (SSSR count). The number of nitrogens with one attached hydrogen (secondary N) is 1. The SMILES string of the molecule is O=C(NCc1cccnc1)[C@H](CO)c1ccsc1. The summed E-state index contributed by atoms with van der Waals surface area (Å²) in [6.45, 7) is 0.239. The largest absolute Gasteiger partial charge is 0.395 e. The second-order valence-corrected chi connectivity index (χ2v) is 4.65. The fourth-order valence-electron chi connectivity index (χ4n) is 1.63. The number of carbonyl (C=O) groups excluding carboxylic acids is 1. The minimum absolute atomic E-state index is 0.167. The zero-order valence-corrected chi connectivity index (χ0v) is 10.6. The number of hydrogen-bond donors (Lipinski definition) is 2. The van der Waals surface area contributed by atoms with Gasteiger partial charge in [-0.2, -0.15) is 11.3 Å². The quantitative estimate of drug-likeness (QED) is 0.859. The van der Waals surface area contributed by atoms with Gasteiger partial charge in [-0.3, -0.25) is 9.78 Å². The molecular formula is C13H14N2O2S. The summed E-state index contributed by atoms with van der Waals surface area (Å²) in [6, 6.07) is 5.57. The molecule has 0 aromatic carbocycles. The number of thiophene rings is 1. The lowest BCUT2D eigenvalue weighted by Crippen LogP contribution is -2.30. The van der Waals surface area contributed by atoms with Gasteiger partial charge in [0.25, 0.3) is 0 Å². The van der Waals surface area contributed by atoms with Crippen LogP contribution in [0.5, 0.6) is 0 Å². The molecule has 4 nitrogen and oxygen atoms in total. The predicted molar refractivity (Wildman–Crippen MR) is 70.2 cm³/mol. The van der Waals surface area contributed by atoms with E-state index in [0.717, 1.165) is 11.1 Å². The molecule has 0 bridgehead atoms. The Balaban J connectivity index is 1.95. The van der Waals surface area contributed by atoms with Crippen LogP contribution in [0.1, 0.15) is 17.0 Å². The first kappa shape index (κ1) is 12.7. The first-order chi connectivity index (χ1) is 8.81.